The number of piperidine rings is 1. The molecule has 1 heterocycles. The number of nitrogens with zero attached hydrogens (tertiary/aromatic N) is 1. The van der Waals surface area contributed by atoms with Crippen molar-refractivity contribution in [2.45, 2.75) is 57.6 Å². The Bertz CT molecular complexity index is 295. The van der Waals surface area contributed by atoms with E-state index in [1.54, 1.807) is 6.92 Å². The van der Waals surface area contributed by atoms with Crippen molar-refractivity contribution in [3.63, 3.8) is 0 Å². The summed E-state index contributed by atoms with van der Waals surface area (Å²) in [5.41, 5.74) is 5.09. The van der Waals surface area contributed by atoms with Gasteiger partial charge in [-0.2, -0.15) is 0 Å². The second kappa shape index (κ2) is 8.60. The van der Waals surface area contributed by atoms with Gasteiger partial charge in [-0.15, -0.1) is 0 Å². The van der Waals surface area contributed by atoms with Crippen molar-refractivity contribution in [1.82, 2.24) is 4.90 Å². The van der Waals surface area contributed by atoms with Crippen molar-refractivity contribution >= 4 is 5.97 Å². The van der Waals surface area contributed by atoms with Crippen LogP contribution in [0, 0.1) is 0 Å². The van der Waals surface area contributed by atoms with Crippen molar-refractivity contribution in [3.05, 3.63) is 0 Å². The van der Waals surface area contributed by atoms with Crippen LogP contribution in [-0.2, 0) is 14.3 Å². The van der Waals surface area contributed by atoms with Crippen molar-refractivity contribution in [3.8, 4) is 0 Å². The van der Waals surface area contributed by atoms with Gasteiger partial charge in [0.15, 0.2) is 0 Å². The fourth-order valence-electron chi connectivity index (χ4n) is 2.64. The summed E-state index contributed by atoms with van der Waals surface area (Å²) in [6.45, 7) is 7.81. The number of methoxy groups -OCH3 is 1. The first-order valence-electron chi connectivity index (χ1n) is 7.71. The van der Waals surface area contributed by atoms with Crippen LogP contribution < -0.4 is 5.73 Å². The molecule has 0 aromatic rings. The lowest BCUT2D eigenvalue weighted by Gasteiger charge is -2.33. The fraction of sp³-hybridized carbons (Fsp3) is 0.933. The summed E-state index contributed by atoms with van der Waals surface area (Å²) >= 11 is 0. The Morgan fingerprint density at radius 3 is 2.90 bits per heavy atom. The van der Waals surface area contributed by atoms with Gasteiger partial charge >= 0.3 is 5.97 Å². The van der Waals surface area contributed by atoms with E-state index in [0.717, 1.165) is 45.5 Å². The normalized spacial score (nSPS) is 23.3. The lowest BCUT2D eigenvalue weighted by Crippen LogP contribution is -2.46. The molecule has 1 fully saturated rings. The number of ether oxygens (including phenoxy) is 2. The number of carbonyl (C=O) groups is 1. The minimum atomic E-state index is -0.872. The maximum Gasteiger partial charge on any atom is 0.325 e. The quantitative estimate of drug-likeness (QED) is 0.686. The maximum absolute atomic E-state index is 11.5. The third kappa shape index (κ3) is 5.77. The Balaban J connectivity index is 2.26. The van der Waals surface area contributed by atoms with Crippen LogP contribution >= 0.6 is 0 Å². The molecule has 0 bridgehead atoms. The number of nitrogens with two attached hydrogens (primary N) is 1. The molecular weight excluding hydrogens is 256 g/mol. The van der Waals surface area contributed by atoms with Gasteiger partial charge in [-0.05, 0) is 52.1 Å². The standard InChI is InChI=1S/C15H30N2O3/c1-4-11-20-13-7-5-9-17(12-13)10-6-8-15(2,16)14(18)19-3/h13H,4-12,16H2,1-3H3. The van der Waals surface area contributed by atoms with Crippen LogP contribution in [0.2, 0.25) is 0 Å². The third-order valence-corrected chi connectivity index (χ3v) is 3.84. The Hall–Kier alpha value is -0.650. The van der Waals surface area contributed by atoms with Gasteiger partial charge in [0.2, 0.25) is 0 Å². The summed E-state index contributed by atoms with van der Waals surface area (Å²) < 4.78 is 10.5. The average molecular weight is 286 g/mol. The van der Waals surface area contributed by atoms with Gasteiger partial charge in [0.25, 0.3) is 0 Å². The van der Waals surface area contributed by atoms with Crippen LogP contribution in [0.5, 0.6) is 0 Å². The molecule has 2 N–H and O–H groups in total. The van der Waals surface area contributed by atoms with Gasteiger partial charge in [-0.3, -0.25) is 4.79 Å². The Morgan fingerprint density at radius 1 is 1.50 bits per heavy atom. The molecule has 0 amide bonds. The minimum absolute atomic E-state index is 0.333. The topological polar surface area (TPSA) is 64.8 Å². The van der Waals surface area contributed by atoms with Crippen molar-refractivity contribution in [1.29, 1.82) is 0 Å². The fourth-order valence-corrected chi connectivity index (χ4v) is 2.64. The van der Waals surface area contributed by atoms with Crippen LogP contribution in [0.25, 0.3) is 0 Å². The smallest absolute Gasteiger partial charge is 0.325 e. The number of carbonyl (C=O) groups excluding carboxylic acids is 1. The molecule has 0 radical (unpaired) electrons. The number of rotatable bonds is 8. The summed E-state index contributed by atoms with van der Waals surface area (Å²) in [6.07, 6.45) is 5.34. The molecule has 0 aromatic carbocycles. The van der Waals surface area contributed by atoms with E-state index in [9.17, 15) is 4.79 Å². The van der Waals surface area contributed by atoms with Crippen LogP contribution in [0.1, 0.15) is 46.0 Å². The highest BCUT2D eigenvalue weighted by Crippen LogP contribution is 2.16. The van der Waals surface area contributed by atoms with Gasteiger partial charge in [-0.25, -0.2) is 0 Å². The maximum atomic E-state index is 11.5. The highest BCUT2D eigenvalue weighted by atomic mass is 16.5. The number of hydrogen-bond acceptors (Lipinski definition) is 5. The Labute approximate surface area is 122 Å². The lowest BCUT2D eigenvalue weighted by molar-refractivity contribution is -0.146. The molecule has 1 rings (SSSR count). The molecule has 0 aromatic heterocycles. The van der Waals surface area contributed by atoms with Gasteiger partial charge in [0.1, 0.15) is 5.54 Å². The van der Waals surface area contributed by atoms with Crippen molar-refractivity contribution < 1.29 is 14.3 Å². The van der Waals surface area contributed by atoms with E-state index < -0.39 is 5.54 Å². The zero-order valence-corrected chi connectivity index (χ0v) is 13.2. The van der Waals surface area contributed by atoms with E-state index in [-0.39, 0.29) is 5.97 Å². The molecule has 5 heteroatoms. The zero-order chi connectivity index (χ0) is 15.0. The molecule has 20 heavy (non-hydrogen) atoms. The Morgan fingerprint density at radius 2 is 2.25 bits per heavy atom. The van der Waals surface area contributed by atoms with Crippen molar-refractivity contribution in [2.24, 2.45) is 5.73 Å². The second-order valence-corrected chi connectivity index (χ2v) is 5.95. The summed E-state index contributed by atoms with van der Waals surface area (Å²) in [5, 5.41) is 0. The number of esters is 1. The number of likely N-dealkylation sites (tertiary alicyclic amines) is 1. The molecule has 0 spiro atoms. The van der Waals surface area contributed by atoms with Crippen LogP contribution in [0.3, 0.4) is 0 Å². The molecule has 0 saturated carbocycles. The minimum Gasteiger partial charge on any atom is -0.468 e. The van der Waals surface area contributed by atoms with Gasteiger partial charge in [-0.1, -0.05) is 6.92 Å². The van der Waals surface area contributed by atoms with Crippen LogP contribution in [0.15, 0.2) is 0 Å². The molecule has 5 nitrogen and oxygen atoms in total. The van der Waals surface area contributed by atoms with E-state index >= 15 is 0 Å². The van der Waals surface area contributed by atoms with Gasteiger partial charge in [0, 0.05) is 13.2 Å². The first-order valence-corrected chi connectivity index (χ1v) is 7.71. The molecule has 1 saturated heterocycles. The molecule has 2 atom stereocenters. The first-order chi connectivity index (χ1) is 9.49. The average Bonchev–Trinajstić information content (AvgIpc) is 2.44. The van der Waals surface area contributed by atoms with Crippen LogP contribution in [-0.4, -0.2) is 55.9 Å². The second-order valence-electron chi connectivity index (χ2n) is 5.95. The monoisotopic (exact) mass is 286 g/mol. The molecule has 0 aliphatic carbocycles. The predicted octanol–water partition coefficient (Wildman–Crippen LogP) is 1.55. The van der Waals surface area contributed by atoms with Crippen molar-refractivity contribution in [2.75, 3.05) is 33.4 Å². The third-order valence-electron chi connectivity index (χ3n) is 3.84. The largest absolute Gasteiger partial charge is 0.468 e. The highest BCUT2D eigenvalue weighted by Gasteiger charge is 2.29. The first kappa shape index (κ1) is 17.4. The lowest BCUT2D eigenvalue weighted by atomic mass is 9.97. The molecule has 118 valence electrons. The molecular formula is C15H30N2O3. The molecule has 2 unspecified atom stereocenters. The summed E-state index contributed by atoms with van der Waals surface area (Å²) in [6, 6.07) is 0. The van der Waals surface area contributed by atoms with Gasteiger partial charge in [0.05, 0.1) is 13.2 Å². The Kier molecular flexibility index (Phi) is 7.48. The summed E-state index contributed by atoms with van der Waals surface area (Å²) in [5.74, 6) is -0.333. The molecule has 1 aliphatic rings. The number of hydrogen-bond donors (Lipinski definition) is 1. The SMILES string of the molecule is CCCOC1CCCN(CCCC(C)(N)C(=O)OC)C1. The van der Waals surface area contributed by atoms with Gasteiger partial charge < -0.3 is 20.1 Å². The van der Waals surface area contributed by atoms with E-state index in [1.165, 1.54) is 13.5 Å². The molecule has 1 aliphatic heterocycles. The predicted molar refractivity (Wildman–Crippen MR) is 79.5 cm³/mol. The summed E-state index contributed by atoms with van der Waals surface area (Å²) in [7, 11) is 1.38. The van der Waals surface area contributed by atoms with E-state index in [2.05, 4.69) is 11.8 Å². The van der Waals surface area contributed by atoms with E-state index in [1.807, 2.05) is 0 Å². The van der Waals surface area contributed by atoms with Crippen LogP contribution in [0.4, 0.5) is 0 Å². The zero-order valence-electron chi connectivity index (χ0n) is 13.2. The highest BCUT2D eigenvalue weighted by molar-refractivity contribution is 5.79. The van der Waals surface area contributed by atoms with E-state index in [0.29, 0.717) is 12.5 Å². The summed E-state index contributed by atoms with van der Waals surface area (Å²) in [4.78, 5) is 13.9. The van der Waals surface area contributed by atoms with E-state index in [4.69, 9.17) is 15.2 Å².